The maximum atomic E-state index is 11.9. The van der Waals surface area contributed by atoms with Gasteiger partial charge in [0.1, 0.15) is 11.5 Å². The molecule has 0 aromatic heterocycles. The van der Waals surface area contributed by atoms with E-state index in [9.17, 15) is 19.8 Å². The summed E-state index contributed by atoms with van der Waals surface area (Å²) in [5.74, 6) is -1.89. The molecule has 1 aromatic carbocycles. The minimum Gasteiger partial charge on any atom is -0.508 e. The largest absolute Gasteiger partial charge is 0.508 e. The smallest absolute Gasteiger partial charge is 0.303 e. The Hall–Kier alpha value is -2.24. The van der Waals surface area contributed by atoms with Crippen LogP contribution in [0.3, 0.4) is 0 Å². The number of carboxylic acids is 1. The maximum Gasteiger partial charge on any atom is 0.303 e. The molecule has 0 saturated carbocycles. The van der Waals surface area contributed by atoms with Gasteiger partial charge in [-0.1, -0.05) is 0 Å². The molecule has 6 nitrogen and oxygen atoms in total. The number of hydrogen-bond donors (Lipinski definition) is 4. The third kappa shape index (κ3) is 4.50. The van der Waals surface area contributed by atoms with E-state index in [1.165, 1.54) is 12.1 Å². The van der Waals surface area contributed by atoms with Gasteiger partial charge in [-0.15, -0.1) is 0 Å². The summed E-state index contributed by atoms with van der Waals surface area (Å²) >= 11 is 0. The summed E-state index contributed by atoms with van der Waals surface area (Å²) < 4.78 is 0. The third-order valence-corrected chi connectivity index (χ3v) is 2.64. The van der Waals surface area contributed by atoms with E-state index in [0.717, 1.165) is 6.07 Å². The number of carboxylic acid groups (broad SMARTS) is 1. The number of amides is 1. The Bertz CT molecular complexity index is 496. The SMILES string of the molecule is CC(C)(CCC(=O)O)NC(=O)c1cc(O)ccc1O. The van der Waals surface area contributed by atoms with Gasteiger partial charge < -0.3 is 20.6 Å². The summed E-state index contributed by atoms with van der Waals surface area (Å²) in [6.45, 7) is 3.38. The van der Waals surface area contributed by atoms with E-state index >= 15 is 0 Å². The van der Waals surface area contributed by atoms with Crippen molar-refractivity contribution in [3.05, 3.63) is 23.8 Å². The summed E-state index contributed by atoms with van der Waals surface area (Å²) in [6, 6.07) is 3.63. The Morgan fingerprint density at radius 1 is 1.26 bits per heavy atom. The van der Waals surface area contributed by atoms with Crippen molar-refractivity contribution in [2.75, 3.05) is 0 Å². The Balaban J connectivity index is 2.78. The molecule has 1 rings (SSSR count). The summed E-state index contributed by atoms with van der Waals surface area (Å²) in [7, 11) is 0. The van der Waals surface area contributed by atoms with Crippen molar-refractivity contribution in [3.63, 3.8) is 0 Å². The number of aromatic hydroxyl groups is 2. The number of aliphatic carboxylic acids is 1. The van der Waals surface area contributed by atoms with Crippen LogP contribution in [0.4, 0.5) is 0 Å². The van der Waals surface area contributed by atoms with Crippen LogP contribution in [-0.2, 0) is 4.79 Å². The number of nitrogens with one attached hydrogen (secondary N) is 1. The van der Waals surface area contributed by atoms with Crippen LogP contribution < -0.4 is 5.32 Å². The molecular formula is C13H17NO5. The van der Waals surface area contributed by atoms with Gasteiger partial charge >= 0.3 is 5.97 Å². The van der Waals surface area contributed by atoms with Gasteiger partial charge in [-0.2, -0.15) is 0 Å². The Morgan fingerprint density at radius 3 is 2.47 bits per heavy atom. The number of rotatable bonds is 5. The molecule has 1 amide bonds. The normalized spacial score (nSPS) is 11.1. The van der Waals surface area contributed by atoms with Gasteiger partial charge in [0, 0.05) is 12.0 Å². The molecule has 0 unspecified atom stereocenters. The minimum absolute atomic E-state index is 0.0524. The highest BCUT2D eigenvalue weighted by Crippen LogP contribution is 2.23. The summed E-state index contributed by atoms with van der Waals surface area (Å²) in [6.07, 6.45) is 0.187. The van der Waals surface area contributed by atoms with Crippen molar-refractivity contribution in [3.8, 4) is 11.5 Å². The zero-order chi connectivity index (χ0) is 14.6. The van der Waals surface area contributed by atoms with Crippen LogP contribution in [0.15, 0.2) is 18.2 Å². The van der Waals surface area contributed by atoms with Crippen molar-refractivity contribution in [1.82, 2.24) is 5.32 Å². The molecule has 6 heteroatoms. The van der Waals surface area contributed by atoms with Crippen LogP contribution in [0.25, 0.3) is 0 Å². The van der Waals surface area contributed by atoms with E-state index < -0.39 is 17.4 Å². The fourth-order valence-electron chi connectivity index (χ4n) is 1.56. The third-order valence-electron chi connectivity index (χ3n) is 2.64. The van der Waals surface area contributed by atoms with Gasteiger partial charge in [-0.3, -0.25) is 9.59 Å². The minimum atomic E-state index is -0.942. The molecule has 0 aliphatic heterocycles. The number of carbonyl (C=O) groups is 2. The molecule has 1 aromatic rings. The van der Waals surface area contributed by atoms with E-state index in [4.69, 9.17) is 5.11 Å². The maximum absolute atomic E-state index is 11.9. The first-order valence-corrected chi connectivity index (χ1v) is 5.77. The number of benzene rings is 1. The monoisotopic (exact) mass is 267 g/mol. The van der Waals surface area contributed by atoms with Gasteiger partial charge in [-0.05, 0) is 38.5 Å². The molecule has 0 radical (unpaired) electrons. The Kier molecular flexibility index (Phi) is 4.37. The van der Waals surface area contributed by atoms with E-state index in [-0.39, 0.29) is 29.9 Å². The molecule has 0 bridgehead atoms. The average Bonchev–Trinajstić information content (AvgIpc) is 2.29. The number of phenolic OH excluding ortho intramolecular Hbond substituents is 2. The molecule has 0 heterocycles. The predicted octanol–water partition coefficient (Wildman–Crippen LogP) is 1.47. The first-order chi connectivity index (χ1) is 8.71. The average molecular weight is 267 g/mol. The summed E-state index contributed by atoms with van der Waals surface area (Å²) in [5.41, 5.74) is -0.781. The number of carbonyl (C=O) groups excluding carboxylic acids is 1. The molecule has 19 heavy (non-hydrogen) atoms. The lowest BCUT2D eigenvalue weighted by Crippen LogP contribution is -2.43. The quantitative estimate of drug-likeness (QED) is 0.604. The topological polar surface area (TPSA) is 107 Å². The molecule has 0 atom stereocenters. The molecule has 0 fully saturated rings. The van der Waals surface area contributed by atoms with E-state index in [1.807, 2.05) is 0 Å². The van der Waals surface area contributed by atoms with Gasteiger partial charge in [0.15, 0.2) is 0 Å². The van der Waals surface area contributed by atoms with E-state index in [0.29, 0.717) is 0 Å². The lowest BCUT2D eigenvalue weighted by Gasteiger charge is -2.25. The van der Waals surface area contributed by atoms with Crippen LogP contribution in [0.5, 0.6) is 11.5 Å². The molecule has 0 saturated heterocycles. The lowest BCUT2D eigenvalue weighted by molar-refractivity contribution is -0.137. The summed E-state index contributed by atoms with van der Waals surface area (Å²) in [4.78, 5) is 22.5. The highest BCUT2D eigenvalue weighted by molar-refractivity contribution is 5.97. The van der Waals surface area contributed by atoms with E-state index in [1.54, 1.807) is 13.8 Å². The Morgan fingerprint density at radius 2 is 1.89 bits per heavy atom. The van der Waals surface area contributed by atoms with Gasteiger partial charge in [0.25, 0.3) is 5.91 Å². The molecule has 0 aliphatic carbocycles. The molecule has 4 N–H and O–H groups in total. The molecule has 104 valence electrons. The molecule has 0 aliphatic rings. The lowest BCUT2D eigenvalue weighted by atomic mass is 9.97. The standard InChI is InChI=1S/C13H17NO5/c1-13(2,6-5-11(17)18)14-12(19)9-7-8(15)3-4-10(9)16/h3-4,7,15-16H,5-6H2,1-2H3,(H,14,19)(H,17,18). The number of hydrogen-bond acceptors (Lipinski definition) is 4. The molecule has 0 spiro atoms. The molecular weight excluding hydrogens is 250 g/mol. The first kappa shape index (κ1) is 14.8. The van der Waals surface area contributed by atoms with Gasteiger partial charge in [0.2, 0.25) is 0 Å². The van der Waals surface area contributed by atoms with Crippen LogP contribution in [0.2, 0.25) is 0 Å². The van der Waals surface area contributed by atoms with Crippen molar-refractivity contribution in [2.24, 2.45) is 0 Å². The summed E-state index contributed by atoms with van der Waals surface area (Å²) in [5, 5.41) is 30.1. The first-order valence-electron chi connectivity index (χ1n) is 5.77. The second kappa shape index (κ2) is 5.60. The fraction of sp³-hybridized carbons (Fsp3) is 0.385. The van der Waals surface area contributed by atoms with Crippen molar-refractivity contribution in [2.45, 2.75) is 32.2 Å². The van der Waals surface area contributed by atoms with Gasteiger partial charge in [0.05, 0.1) is 5.56 Å². The predicted molar refractivity (Wildman–Crippen MR) is 68.2 cm³/mol. The van der Waals surface area contributed by atoms with Crippen LogP contribution in [-0.4, -0.2) is 32.7 Å². The zero-order valence-corrected chi connectivity index (χ0v) is 10.8. The highest BCUT2D eigenvalue weighted by atomic mass is 16.4. The van der Waals surface area contributed by atoms with Crippen LogP contribution in [0.1, 0.15) is 37.0 Å². The van der Waals surface area contributed by atoms with Crippen molar-refractivity contribution >= 4 is 11.9 Å². The van der Waals surface area contributed by atoms with Crippen molar-refractivity contribution in [1.29, 1.82) is 0 Å². The second-order valence-electron chi connectivity index (χ2n) is 4.93. The van der Waals surface area contributed by atoms with E-state index in [2.05, 4.69) is 5.32 Å². The number of phenols is 2. The van der Waals surface area contributed by atoms with Crippen LogP contribution in [0, 0.1) is 0 Å². The van der Waals surface area contributed by atoms with Crippen LogP contribution >= 0.6 is 0 Å². The second-order valence-corrected chi connectivity index (χ2v) is 4.93. The zero-order valence-electron chi connectivity index (χ0n) is 10.8. The fourth-order valence-corrected chi connectivity index (χ4v) is 1.56. The Labute approximate surface area is 110 Å². The highest BCUT2D eigenvalue weighted by Gasteiger charge is 2.23. The van der Waals surface area contributed by atoms with Crippen molar-refractivity contribution < 1.29 is 24.9 Å². The van der Waals surface area contributed by atoms with Gasteiger partial charge in [-0.25, -0.2) is 0 Å².